The molecular formula is C15H14ClNO3S2. The summed E-state index contributed by atoms with van der Waals surface area (Å²) in [4.78, 5) is 26.5. The average molecular weight is 356 g/mol. The van der Waals surface area contributed by atoms with Gasteiger partial charge in [-0.15, -0.1) is 23.1 Å². The summed E-state index contributed by atoms with van der Waals surface area (Å²) in [5.41, 5.74) is 0.216. The number of aromatic carboxylic acids is 1. The Hall–Kier alpha value is -1.50. The summed E-state index contributed by atoms with van der Waals surface area (Å²) in [6.45, 7) is 0.497. The lowest BCUT2D eigenvalue weighted by Gasteiger charge is -2.16. The fraction of sp³-hybridized carbons (Fsp3) is 0.200. The van der Waals surface area contributed by atoms with Crippen molar-refractivity contribution in [1.29, 1.82) is 0 Å². The molecule has 1 aromatic heterocycles. The molecule has 0 saturated carbocycles. The first kappa shape index (κ1) is 16.9. The molecule has 0 saturated heterocycles. The predicted octanol–water partition coefficient (Wildman–Crippen LogP) is 3.85. The average Bonchev–Trinajstić information content (AvgIpc) is 2.90. The second-order valence-corrected chi connectivity index (χ2v) is 7.36. The van der Waals surface area contributed by atoms with E-state index in [0.717, 1.165) is 4.88 Å². The predicted molar refractivity (Wildman–Crippen MR) is 89.9 cm³/mol. The molecule has 0 radical (unpaired) electrons. The number of rotatable bonds is 6. The van der Waals surface area contributed by atoms with Crippen molar-refractivity contribution in [2.75, 3.05) is 12.8 Å². The van der Waals surface area contributed by atoms with Crippen molar-refractivity contribution in [3.05, 3.63) is 51.2 Å². The van der Waals surface area contributed by atoms with Gasteiger partial charge in [-0.25, -0.2) is 4.79 Å². The Kier molecular flexibility index (Phi) is 5.88. The third kappa shape index (κ3) is 4.50. The first-order chi connectivity index (χ1) is 10.5. The Morgan fingerprint density at radius 3 is 2.64 bits per heavy atom. The van der Waals surface area contributed by atoms with Crippen molar-refractivity contribution in [2.24, 2.45) is 0 Å². The van der Waals surface area contributed by atoms with Crippen LogP contribution < -0.4 is 0 Å². The van der Waals surface area contributed by atoms with Crippen molar-refractivity contribution in [3.63, 3.8) is 0 Å². The van der Waals surface area contributed by atoms with E-state index in [1.807, 2.05) is 6.07 Å². The van der Waals surface area contributed by atoms with Crippen LogP contribution in [0, 0.1) is 0 Å². The van der Waals surface area contributed by atoms with Gasteiger partial charge in [0, 0.05) is 16.8 Å². The Labute approximate surface area is 141 Å². The van der Waals surface area contributed by atoms with Gasteiger partial charge in [-0.3, -0.25) is 4.79 Å². The summed E-state index contributed by atoms with van der Waals surface area (Å²) in [5, 5.41) is 9.12. The van der Waals surface area contributed by atoms with Crippen LogP contribution in [0.25, 0.3) is 0 Å². The molecule has 2 rings (SSSR count). The minimum absolute atomic E-state index is 0.0604. The molecule has 0 aliphatic carbocycles. The number of benzene rings is 1. The lowest BCUT2D eigenvalue weighted by Crippen LogP contribution is -2.27. The Morgan fingerprint density at radius 2 is 2.00 bits per heavy atom. The van der Waals surface area contributed by atoms with Gasteiger partial charge >= 0.3 is 5.97 Å². The molecule has 4 nitrogen and oxygen atoms in total. The summed E-state index contributed by atoms with van der Waals surface area (Å²) in [6, 6.07) is 10.4. The van der Waals surface area contributed by atoms with E-state index in [0.29, 0.717) is 15.8 Å². The number of carboxylic acids is 1. The highest BCUT2D eigenvalue weighted by atomic mass is 35.5. The Balaban J connectivity index is 1.93. The maximum Gasteiger partial charge on any atom is 0.336 e. The maximum absolute atomic E-state index is 12.1. The molecule has 22 heavy (non-hydrogen) atoms. The summed E-state index contributed by atoms with van der Waals surface area (Å²) >= 11 is 8.54. The number of hydrogen-bond donors (Lipinski definition) is 1. The number of thioether (sulfide) groups is 1. The highest BCUT2D eigenvalue weighted by molar-refractivity contribution is 8.00. The molecule has 0 spiro atoms. The van der Waals surface area contributed by atoms with E-state index < -0.39 is 5.97 Å². The molecule has 7 heteroatoms. The molecule has 0 fully saturated rings. The monoisotopic (exact) mass is 355 g/mol. The zero-order valence-corrected chi connectivity index (χ0v) is 14.2. The van der Waals surface area contributed by atoms with E-state index in [-0.39, 0.29) is 17.2 Å². The fourth-order valence-corrected chi connectivity index (χ4v) is 3.90. The van der Waals surface area contributed by atoms with E-state index in [2.05, 4.69) is 0 Å². The van der Waals surface area contributed by atoms with Crippen LogP contribution in [0.2, 0.25) is 4.34 Å². The van der Waals surface area contributed by atoms with Gasteiger partial charge < -0.3 is 10.0 Å². The van der Waals surface area contributed by atoms with Crippen LogP contribution in [0.1, 0.15) is 15.2 Å². The van der Waals surface area contributed by atoms with E-state index in [1.165, 1.54) is 29.2 Å². The Morgan fingerprint density at radius 1 is 1.27 bits per heavy atom. The first-order valence-corrected chi connectivity index (χ1v) is 8.58. The van der Waals surface area contributed by atoms with Gasteiger partial charge in [0.25, 0.3) is 0 Å². The number of carbonyl (C=O) groups excluding carboxylic acids is 1. The van der Waals surface area contributed by atoms with Crippen molar-refractivity contribution < 1.29 is 14.7 Å². The number of halogens is 1. The van der Waals surface area contributed by atoms with Crippen LogP contribution in [0.4, 0.5) is 0 Å². The van der Waals surface area contributed by atoms with Gasteiger partial charge in [0.05, 0.1) is 22.2 Å². The highest BCUT2D eigenvalue weighted by Crippen LogP contribution is 2.25. The van der Waals surface area contributed by atoms with Gasteiger partial charge in [0.2, 0.25) is 5.91 Å². The second kappa shape index (κ2) is 7.67. The molecule has 0 bridgehead atoms. The van der Waals surface area contributed by atoms with Crippen LogP contribution in [0.5, 0.6) is 0 Å². The molecule has 0 aliphatic rings. The maximum atomic E-state index is 12.1. The number of thiophene rings is 1. The van der Waals surface area contributed by atoms with Crippen molar-refractivity contribution >= 4 is 46.6 Å². The summed E-state index contributed by atoms with van der Waals surface area (Å²) < 4.78 is 0.695. The number of nitrogens with zero attached hydrogens (tertiary/aromatic N) is 1. The molecule has 116 valence electrons. The summed E-state index contributed by atoms with van der Waals surface area (Å²) in [7, 11) is 1.72. The minimum atomic E-state index is -0.989. The van der Waals surface area contributed by atoms with Crippen molar-refractivity contribution in [3.8, 4) is 0 Å². The van der Waals surface area contributed by atoms with Gasteiger partial charge in [-0.1, -0.05) is 23.7 Å². The molecular weight excluding hydrogens is 342 g/mol. The van der Waals surface area contributed by atoms with Crippen LogP contribution in [0.3, 0.4) is 0 Å². The lowest BCUT2D eigenvalue weighted by atomic mass is 10.2. The smallest absolute Gasteiger partial charge is 0.336 e. The molecule has 0 aliphatic heterocycles. The number of carbonyl (C=O) groups is 2. The van der Waals surface area contributed by atoms with E-state index in [9.17, 15) is 9.59 Å². The molecule has 1 amide bonds. The minimum Gasteiger partial charge on any atom is -0.478 e. The first-order valence-electron chi connectivity index (χ1n) is 6.40. The van der Waals surface area contributed by atoms with Crippen molar-refractivity contribution in [1.82, 2.24) is 4.90 Å². The van der Waals surface area contributed by atoms with Crippen molar-refractivity contribution in [2.45, 2.75) is 11.4 Å². The molecule has 0 atom stereocenters. The fourth-order valence-electron chi connectivity index (χ4n) is 1.78. The molecule has 0 unspecified atom stereocenters. The zero-order valence-electron chi connectivity index (χ0n) is 11.8. The van der Waals surface area contributed by atoms with Crippen LogP contribution >= 0.6 is 34.7 Å². The number of hydrogen-bond acceptors (Lipinski definition) is 4. The third-order valence-electron chi connectivity index (χ3n) is 2.92. The quantitative estimate of drug-likeness (QED) is 0.799. The van der Waals surface area contributed by atoms with E-state index in [1.54, 1.807) is 36.2 Å². The normalized spacial score (nSPS) is 10.5. The van der Waals surface area contributed by atoms with Crippen LogP contribution in [-0.4, -0.2) is 34.7 Å². The summed E-state index contributed by atoms with van der Waals surface area (Å²) in [6.07, 6.45) is 0. The Bertz CT molecular complexity index is 687. The SMILES string of the molecule is CN(Cc1ccc(Cl)s1)C(=O)CSc1ccccc1C(=O)O. The van der Waals surface area contributed by atoms with Gasteiger partial charge in [-0.05, 0) is 24.3 Å². The molecule has 1 aromatic carbocycles. The standard InChI is InChI=1S/C15H14ClNO3S2/c1-17(8-10-6-7-13(16)22-10)14(18)9-21-12-5-3-2-4-11(12)15(19)20/h2-7H,8-9H2,1H3,(H,19,20). The number of carboxylic acid groups (broad SMARTS) is 1. The second-order valence-electron chi connectivity index (χ2n) is 4.55. The topological polar surface area (TPSA) is 57.6 Å². The van der Waals surface area contributed by atoms with Crippen LogP contribution in [-0.2, 0) is 11.3 Å². The van der Waals surface area contributed by atoms with Gasteiger partial charge in [0.15, 0.2) is 0 Å². The van der Waals surface area contributed by atoms with E-state index >= 15 is 0 Å². The molecule has 1 N–H and O–H groups in total. The third-order valence-corrected chi connectivity index (χ3v) is 5.19. The van der Waals surface area contributed by atoms with Gasteiger partial charge in [0.1, 0.15) is 0 Å². The largest absolute Gasteiger partial charge is 0.478 e. The summed E-state index contributed by atoms with van der Waals surface area (Å²) in [5.74, 6) is -0.855. The van der Waals surface area contributed by atoms with E-state index in [4.69, 9.17) is 16.7 Å². The molecule has 1 heterocycles. The molecule has 2 aromatic rings. The highest BCUT2D eigenvalue weighted by Gasteiger charge is 2.14. The number of amides is 1. The lowest BCUT2D eigenvalue weighted by molar-refractivity contribution is -0.127. The zero-order chi connectivity index (χ0) is 16.1. The van der Waals surface area contributed by atoms with Gasteiger partial charge in [-0.2, -0.15) is 0 Å². The van der Waals surface area contributed by atoms with Crippen LogP contribution in [0.15, 0.2) is 41.3 Å².